The molecule has 0 aliphatic rings. The Morgan fingerprint density at radius 2 is 2.08 bits per heavy atom. The number of aromatic hydroxyl groups is 1. The Morgan fingerprint density at radius 1 is 1.50 bits per heavy atom. The summed E-state index contributed by atoms with van der Waals surface area (Å²) in [5, 5.41) is 17.7. The van der Waals surface area contributed by atoms with Crippen molar-refractivity contribution in [3.8, 4) is 5.75 Å². The first kappa shape index (κ1) is 12.0. The van der Waals surface area contributed by atoms with Crippen LogP contribution in [-0.2, 0) is 0 Å². The summed E-state index contributed by atoms with van der Waals surface area (Å²) in [6, 6.07) is 3.86. The molecule has 0 saturated carbocycles. The Labute approximate surface area is 107 Å². The molecule has 2 N–H and O–H groups in total. The number of phenols is 1. The summed E-state index contributed by atoms with van der Waals surface area (Å²) in [4.78, 5) is 10.4. The molecule has 12 heavy (non-hydrogen) atoms. The van der Waals surface area contributed by atoms with E-state index in [1.807, 2.05) is 0 Å². The molecule has 1 rings (SSSR count). The van der Waals surface area contributed by atoms with Crippen LogP contribution in [0.4, 0.5) is 0 Å². The Hall–Kier alpha value is 0.0397. The molecule has 1 aromatic rings. The van der Waals surface area contributed by atoms with Crippen LogP contribution in [0.25, 0.3) is 0 Å². The third-order valence-electron chi connectivity index (χ3n) is 1.19. The number of halogens is 1. The molecule has 0 aliphatic heterocycles. The topological polar surface area (TPSA) is 57.5 Å². The molecule has 0 saturated heterocycles. The Balaban J connectivity index is -0.000000403. The molecule has 0 radical (unpaired) electrons. The van der Waals surface area contributed by atoms with Gasteiger partial charge in [-0.3, -0.25) is 0 Å². The number of carbonyl (C=O) groups is 1. The van der Waals surface area contributed by atoms with Gasteiger partial charge in [0.2, 0.25) is 0 Å². The number of carboxylic acids is 1. The fourth-order valence-corrected chi connectivity index (χ4v) is 0.852. The molecule has 62 valence electrons. The number of hydrogen-bond donors (Lipinski definition) is 2. The number of rotatable bonds is 1. The molecule has 0 fully saturated rings. The van der Waals surface area contributed by atoms with Crippen molar-refractivity contribution in [1.82, 2.24) is 0 Å². The molecule has 0 aromatic heterocycles. The molecule has 0 unspecified atom stereocenters. The summed E-state index contributed by atoms with van der Waals surface area (Å²) in [7, 11) is 0. The molecule has 0 amide bonds. The van der Waals surface area contributed by atoms with E-state index in [9.17, 15) is 4.79 Å². The zero-order valence-corrected chi connectivity index (χ0v) is 9.08. The summed E-state index contributed by atoms with van der Waals surface area (Å²) in [6.07, 6.45) is 0. The van der Waals surface area contributed by atoms with Gasteiger partial charge in [-0.25, -0.2) is 4.79 Å². The third-order valence-corrected chi connectivity index (χ3v) is 1.42. The van der Waals surface area contributed by atoms with Gasteiger partial charge < -0.3 is 13.1 Å². The van der Waals surface area contributed by atoms with E-state index < -0.39 is 5.97 Å². The zero-order valence-electron chi connectivity index (χ0n) is 8.12. The van der Waals surface area contributed by atoms with Crippen molar-refractivity contribution < 1.29 is 17.9 Å². The van der Waals surface area contributed by atoms with E-state index in [1.165, 1.54) is 18.2 Å². The first-order valence-corrected chi connectivity index (χ1v) is 3.21. The van der Waals surface area contributed by atoms with Gasteiger partial charge in [-0.2, -0.15) is 0 Å². The van der Waals surface area contributed by atoms with E-state index in [0.717, 1.165) is 0 Å². The number of benzene rings is 1. The van der Waals surface area contributed by atoms with Gasteiger partial charge in [-0.1, -0.05) is 11.6 Å². The maximum Gasteiger partial charge on any atom is 2.00 e. The van der Waals surface area contributed by atoms with Crippen molar-refractivity contribution in [2.24, 2.45) is 0 Å². The second kappa shape index (κ2) is 4.92. The van der Waals surface area contributed by atoms with E-state index in [0.29, 0.717) is 5.02 Å². The van der Waals surface area contributed by atoms with Crippen LogP contribution in [0.2, 0.25) is 5.02 Å². The Morgan fingerprint density at radius 3 is 2.50 bits per heavy atom. The van der Waals surface area contributed by atoms with E-state index in [2.05, 4.69) is 0 Å². The van der Waals surface area contributed by atoms with Gasteiger partial charge in [0.05, 0.1) is 0 Å². The van der Waals surface area contributed by atoms with Crippen LogP contribution >= 0.6 is 11.6 Å². The van der Waals surface area contributed by atoms with Gasteiger partial charge in [-0.15, -0.1) is 0 Å². The first-order valence-electron chi connectivity index (χ1n) is 2.83. The van der Waals surface area contributed by atoms with Gasteiger partial charge in [-0.05, 0) is 18.2 Å². The number of aromatic carboxylic acids is 1. The molecule has 0 spiro atoms. The van der Waals surface area contributed by atoms with Gasteiger partial charge in [0.1, 0.15) is 11.3 Å². The number of carboxylic acid groups (broad SMARTS) is 1. The van der Waals surface area contributed by atoms with Gasteiger partial charge in [0, 0.05) is 5.02 Å². The molecule has 0 bridgehead atoms. The molecule has 1 aromatic carbocycles. The largest absolute Gasteiger partial charge is 2.00 e. The minimum absolute atomic E-state index is 0. The average Bonchev–Trinajstić information content (AvgIpc) is 1.94. The van der Waals surface area contributed by atoms with Crippen LogP contribution in [0.15, 0.2) is 18.2 Å². The zero-order chi connectivity index (χ0) is 8.43. The molecule has 0 heterocycles. The first-order chi connectivity index (χ1) is 5.11. The van der Waals surface area contributed by atoms with Gasteiger partial charge in [0.25, 0.3) is 0 Å². The average molecular weight is 215 g/mol. The number of hydrogen-bond acceptors (Lipinski definition) is 2. The van der Waals surface area contributed by atoms with E-state index in [1.54, 1.807) is 0 Å². The van der Waals surface area contributed by atoms with E-state index >= 15 is 0 Å². The van der Waals surface area contributed by atoms with Crippen molar-refractivity contribution in [1.29, 1.82) is 0 Å². The Kier molecular flexibility index (Phi) is 4.94. The molecular weight excluding hydrogens is 208 g/mol. The summed E-state index contributed by atoms with van der Waals surface area (Å²) in [6.45, 7) is 0. The van der Waals surface area contributed by atoms with Crippen molar-refractivity contribution in [2.75, 3.05) is 0 Å². The van der Waals surface area contributed by atoms with Gasteiger partial charge >= 0.3 is 43.7 Å². The van der Waals surface area contributed by atoms with Crippen LogP contribution in [0.1, 0.15) is 13.2 Å². The van der Waals surface area contributed by atoms with E-state index in [-0.39, 0.29) is 51.9 Å². The normalized spacial score (nSPS) is 8.75. The predicted molar refractivity (Wildman–Crippen MR) is 48.1 cm³/mol. The maximum atomic E-state index is 10.4. The van der Waals surface area contributed by atoms with Crippen LogP contribution in [0, 0.1) is 0 Å². The third kappa shape index (κ3) is 2.83. The van der Waals surface area contributed by atoms with Crippen molar-refractivity contribution in [3.63, 3.8) is 0 Å². The minimum atomic E-state index is -1.19. The molecular formula is C7H7CaClO3. The van der Waals surface area contributed by atoms with Gasteiger partial charge in [0.15, 0.2) is 0 Å². The van der Waals surface area contributed by atoms with Crippen molar-refractivity contribution in [3.05, 3.63) is 28.8 Å². The fourth-order valence-electron chi connectivity index (χ4n) is 0.680. The molecule has 0 atom stereocenters. The van der Waals surface area contributed by atoms with Crippen molar-refractivity contribution >= 4 is 55.3 Å². The summed E-state index contributed by atoms with van der Waals surface area (Å²) < 4.78 is 0. The summed E-state index contributed by atoms with van der Waals surface area (Å²) in [5.74, 6) is -1.47. The smallest absolute Gasteiger partial charge is 1.00 e. The second-order valence-electron chi connectivity index (χ2n) is 1.97. The van der Waals surface area contributed by atoms with Crippen LogP contribution in [0.5, 0.6) is 5.75 Å². The fraction of sp³-hybridized carbons (Fsp3) is 0. The van der Waals surface area contributed by atoms with Crippen LogP contribution < -0.4 is 0 Å². The van der Waals surface area contributed by atoms with Crippen molar-refractivity contribution in [2.45, 2.75) is 0 Å². The van der Waals surface area contributed by atoms with Crippen LogP contribution in [-0.4, -0.2) is 53.9 Å². The monoisotopic (exact) mass is 214 g/mol. The SMILES string of the molecule is O=C(O)c1cc(Cl)ccc1O.[Ca+2].[H-].[H-]. The minimum Gasteiger partial charge on any atom is -1.00 e. The Bertz CT molecular complexity index is 309. The maximum absolute atomic E-state index is 10.4. The molecule has 3 nitrogen and oxygen atoms in total. The molecule has 0 aliphatic carbocycles. The second-order valence-corrected chi connectivity index (χ2v) is 2.40. The predicted octanol–water partition coefficient (Wildman–Crippen LogP) is 1.59. The molecule has 5 heteroatoms. The quantitative estimate of drug-likeness (QED) is 0.698. The summed E-state index contributed by atoms with van der Waals surface area (Å²) >= 11 is 5.49. The standard InChI is InChI=1S/C7H5ClO3.Ca.2H/c8-4-1-2-6(9)5(3-4)7(10)11;;;/h1-3,9H,(H,10,11);;;/q;+2;2*-1. The summed E-state index contributed by atoms with van der Waals surface area (Å²) in [5.41, 5.74) is -0.183. The van der Waals surface area contributed by atoms with Crippen LogP contribution in [0.3, 0.4) is 0 Å². The van der Waals surface area contributed by atoms with E-state index in [4.69, 9.17) is 21.8 Å².